The Morgan fingerprint density at radius 3 is 2.60 bits per heavy atom. The number of methoxy groups -OCH3 is 1. The van der Waals surface area contributed by atoms with Crippen molar-refractivity contribution in [1.82, 2.24) is 9.78 Å². The molecule has 1 rings (SSSR count). The van der Waals surface area contributed by atoms with Crippen LogP contribution in [0.1, 0.15) is 34.7 Å². The van der Waals surface area contributed by atoms with Gasteiger partial charge in [0.2, 0.25) is 0 Å². The van der Waals surface area contributed by atoms with E-state index in [0.29, 0.717) is 18.0 Å². The number of ether oxygens (including phenoxy) is 1. The molecule has 5 heteroatoms. The van der Waals surface area contributed by atoms with Crippen LogP contribution in [0.2, 0.25) is 0 Å². The van der Waals surface area contributed by atoms with Gasteiger partial charge in [0, 0.05) is 7.11 Å². The van der Waals surface area contributed by atoms with Crippen LogP contribution in [0.15, 0.2) is 0 Å². The molecule has 84 valence electrons. The van der Waals surface area contributed by atoms with E-state index < -0.39 is 5.97 Å². The molecular formula is C10H16N2O3. The molecule has 1 aromatic heterocycles. The number of aryl methyl sites for hydroxylation is 1. The van der Waals surface area contributed by atoms with E-state index in [2.05, 4.69) is 5.10 Å². The largest absolute Gasteiger partial charge is 0.478 e. The average molecular weight is 212 g/mol. The van der Waals surface area contributed by atoms with Crippen molar-refractivity contribution in [2.24, 2.45) is 0 Å². The maximum Gasteiger partial charge on any atom is 0.339 e. The second kappa shape index (κ2) is 4.44. The van der Waals surface area contributed by atoms with Gasteiger partial charge in [-0.3, -0.25) is 4.68 Å². The number of hydrogen-bond donors (Lipinski definition) is 1. The van der Waals surface area contributed by atoms with Crippen LogP contribution in [0, 0.1) is 13.8 Å². The molecule has 1 N–H and O–H groups in total. The molecule has 0 aromatic carbocycles. The molecule has 0 saturated carbocycles. The molecule has 0 aliphatic heterocycles. The Balaban J connectivity index is 3.11. The van der Waals surface area contributed by atoms with E-state index >= 15 is 0 Å². The molecular weight excluding hydrogens is 196 g/mol. The normalized spacial score (nSPS) is 12.8. The molecule has 1 heterocycles. The molecule has 0 aliphatic carbocycles. The molecule has 1 aromatic rings. The summed E-state index contributed by atoms with van der Waals surface area (Å²) < 4.78 is 6.71. The van der Waals surface area contributed by atoms with Gasteiger partial charge >= 0.3 is 5.97 Å². The first-order valence-corrected chi connectivity index (χ1v) is 4.77. The molecule has 0 saturated heterocycles. The molecule has 0 spiro atoms. The second-order valence-corrected chi connectivity index (χ2v) is 3.60. The zero-order valence-corrected chi connectivity index (χ0v) is 9.44. The lowest BCUT2D eigenvalue weighted by molar-refractivity contribution is 0.0695. The highest BCUT2D eigenvalue weighted by Gasteiger charge is 2.19. The SMILES string of the molecule is COCC(C)n1nc(C)c(C(=O)O)c1C. The fraction of sp³-hybridized carbons (Fsp3) is 0.600. The Morgan fingerprint density at radius 1 is 1.60 bits per heavy atom. The Hall–Kier alpha value is -1.36. The minimum atomic E-state index is -0.930. The van der Waals surface area contributed by atoms with Crippen molar-refractivity contribution >= 4 is 5.97 Å². The summed E-state index contributed by atoms with van der Waals surface area (Å²) in [7, 11) is 1.61. The van der Waals surface area contributed by atoms with Crippen LogP contribution < -0.4 is 0 Å². The number of carbonyl (C=O) groups is 1. The molecule has 0 aliphatic rings. The lowest BCUT2D eigenvalue weighted by Gasteiger charge is -2.12. The van der Waals surface area contributed by atoms with Gasteiger partial charge in [-0.1, -0.05) is 0 Å². The Labute approximate surface area is 88.7 Å². The van der Waals surface area contributed by atoms with E-state index in [1.54, 1.807) is 25.6 Å². The van der Waals surface area contributed by atoms with Gasteiger partial charge in [0.25, 0.3) is 0 Å². The fourth-order valence-corrected chi connectivity index (χ4v) is 1.71. The first kappa shape index (κ1) is 11.7. The van der Waals surface area contributed by atoms with E-state index in [1.807, 2.05) is 6.92 Å². The van der Waals surface area contributed by atoms with Crippen LogP contribution in [0.3, 0.4) is 0 Å². The van der Waals surface area contributed by atoms with Crippen LogP contribution in [0.5, 0.6) is 0 Å². The number of aromatic nitrogens is 2. The van der Waals surface area contributed by atoms with Crippen molar-refractivity contribution in [3.05, 3.63) is 17.0 Å². The number of rotatable bonds is 4. The zero-order valence-electron chi connectivity index (χ0n) is 9.44. The van der Waals surface area contributed by atoms with Crippen molar-refractivity contribution < 1.29 is 14.6 Å². The van der Waals surface area contributed by atoms with Gasteiger partial charge < -0.3 is 9.84 Å². The van der Waals surface area contributed by atoms with Crippen LogP contribution >= 0.6 is 0 Å². The molecule has 0 fully saturated rings. The summed E-state index contributed by atoms with van der Waals surface area (Å²) in [4.78, 5) is 11.0. The fourth-order valence-electron chi connectivity index (χ4n) is 1.71. The van der Waals surface area contributed by atoms with E-state index in [9.17, 15) is 4.79 Å². The molecule has 1 atom stereocenters. The van der Waals surface area contributed by atoms with Gasteiger partial charge in [0.05, 0.1) is 24.0 Å². The molecule has 0 bridgehead atoms. The van der Waals surface area contributed by atoms with Gasteiger partial charge in [0.1, 0.15) is 5.56 Å². The lowest BCUT2D eigenvalue weighted by atomic mass is 10.2. The van der Waals surface area contributed by atoms with Crippen LogP contribution in [0.4, 0.5) is 0 Å². The lowest BCUT2D eigenvalue weighted by Crippen LogP contribution is -2.14. The maximum absolute atomic E-state index is 11.0. The molecule has 0 amide bonds. The van der Waals surface area contributed by atoms with E-state index in [1.165, 1.54) is 0 Å². The Bertz CT molecular complexity index is 371. The third-order valence-corrected chi connectivity index (χ3v) is 2.36. The van der Waals surface area contributed by atoms with Crippen molar-refractivity contribution in [3.8, 4) is 0 Å². The summed E-state index contributed by atoms with van der Waals surface area (Å²) in [6, 6.07) is 0.0433. The Morgan fingerprint density at radius 2 is 2.20 bits per heavy atom. The predicted octanol–water partition coefficient (Wildman–Crippen LogP) is 1.41. The monoisotopic (exact) mass is 212 g/mol. The summed E-state index contributed by atoms with van der Waals surface area (Å²) in [5.74, 6) is -0.930. The minimum absolute atomic E-state index is 0.0433. The van der Waals surface area contributed by atoms with Gasteiger partial charge in [0.15, 0.2) is 0 Å². The number of carboxylic acid groups (broad SMARTS) is 1. The van der Waals surface area contributed by atoms with Crippen LogP contribution in [-0.2, 0) is 4.74 Å². The number of hydrogen-bond acceptors (Lipinski definition) is 3. The highest BCUT2D eigenvalue weighted by molar-refractivity contribution is 5.90. The number of aromatic carboxylic acids is 1. The van der Waals surface area contributed by atoms with Crippen molar-refractivity contribution in [2.75, 3.05) is 13.7 Å². The maximum atomic E-state index is 11.0. The van der Waals surface area contributed by atoms with Gasteiger partial charge in [-0.15, -0.1) is 0 Å². The van der Waals surface area contributed by atoms with Crippen LogP contribution in [0.25, 0.3) is 0 Å². The smallest absolute Gasteiger partial charge is 0.339 e. The summed E-state index contributed by atoms with van der Waals surface area (Å²) in [5.41, 5.74) is 1.51. The third kappa shape index (κ3) is 2.18. The highest BCUT2D eigenvalue weighted by Crippen LogP contribution is 2.17. The minimum Gasteiger partial charge on any atom is -0.478 e. The highest BCUT2D eigenvalue weighted by atomic mass is 16.5. The van der Waals surface area contributed by atoms with Crippen molar-refractivity contribution in [2.45, 2.75) is 26.8 Å². The second-order valence-electron chi connectivity index (χ2n) is 3.60. The average Bonchev–Trinajstić information content (AvgIpc) is 2.42. The first-order valence-electron chi connectivity index (χ1n) is 4.77. The first-order chi connectivity index (χ1) is 6.99. The third-order valence-electron chi connectivity index (χ3n) is 2.36. The number of carboxylic acids is 1. The zero-order chi connectivity index (χ0) is 11.6. The molecule has 5 nitrogen and oxygen atoms in total. The molecule has 15 heavy (non-hydrogen) atoms. The predicted molar refractivity (Wildman–Crippen MR) is 55.2 cm³/mol. The summed E-state index contributed by atoms with van der Waals surface area (Å²) in [5, 5.41) is 13.2. The van der Waals surface area contributed by atoms with E-state index in [4.69, 9.17) is 9.84 Å². The topological polar surface area (TPSA) is 64.4 Å². The Kier molecular flexibility index (Phi) is 3.47. The van der Waals surface area contributed by atoms with Crippen LogP contribution in [-0.4, -0.2) is 34.6 Å². The molecule has 1 unspecified atom stereocenters. The number of nitrogens with zero attached hydrogens (tertiary/aromatic N) is 2. The van der Waals surface area contributed by atoms with E-state index in [-0.39, 0.29) is 11.6 Å². The van der Waals surface area contributed by atoms with Crippen molar-refractivity contribution in [1.29, 1.82) is 0 Å². The molecule has 0 radical (unpaired) electrons. The quantitative estimate of drug-likeness (QED) is 0.819. The van der Waals surface area contributed by atoms with E-state index in [0.717, 1.165) is 0 Å². The van der Waals surface area contributed by atoms with Gasteiger partial charge in [-0.2, -0.15) is 5.10 Å². The van der Waals surface area contributed by atoms with Gasteiger partial charge in [-0.05, 0) is 20.8 Å². The standard InChI is InChI=1S/C10H16N2O3/c1-6(5-15-4)12-8(3)9(10(13)14)7(2)11-12/h6H,5H2,1-4H3,(H,13,14). The van der Waals surface area contributed by atoms with Gasteiger partial charge in [-0.25, -0.2) is 4.79 Å². The summed E-state index contributed by atoms with van der Waals surface area (Å²) in [6.45, 7) is 5.91. The van der Waals surface area contributed by atoms with Crippen molar-refractivity contribution in [3.63, 3.8) is 0 Å². The summed E-state index contributed by atoms with van der Waals surface area (Å²) >= 11 is 0. The summed E-state index contributed by atoms with van der Waals surface area (Å²) in [6.07, 6.45) is 0.